The highest BCUT2D eigenvalue weighted by Gasteiger charge is 2.46. The Morgan fingerprint density at radius 2 is 1.80 bits per heavy atom. The lowest BCUT2D eigenvalue weighted by molar-refractivity contribution is -0.147. The van der Waals surface area contributed by atoms with Gasteiger partial charge in [-0.15, -0.1) is 0 Å². The Morgan fingerprint density at radius 1 is 1.20 bits per heavy atom. The Bertz CT molecular complexity index is 624. The van der Waals surface area contributed by atoms with Crippen LogP contribution in [-0.4, -0.2) is 38.0 Å². The predicted octanol–water partition coefficient (Wildman–Crippen LogP) is 1.37. The van der Waals surface area contributed by atoms with Crippen molar-refractivity contribution in [2.75, 3.05) is 13.2 Å². The van der Waals surface area contributed by atoms with E-state index in [1.165, 1.54) is 12.1 Å². The first-order valence-electron chi connectivity index (χ1n) is 6.62. The summed E-state index contributed by atoms with van der Waals surface area (Å²) in [6, 6.07) is 6.32. The molecule has 1 aromatic carbocycles. The monoisotopic (exact) mass is 296 g/mol. The van der Waals surface area contributed by atoms with Gasteiger partial charge in [0.1, 0.15) is 5.25 Å². The molecule has 0 unspecified atom stereocenters. The quantitative estimate of drug-likeness (QED) is 0.907. The number of benzene rings is 1. The van der Waals surface area contributed by atoms with E-state index in [0.29, 0.717) is 18.4 Å². The van der Waals surface area contributed by atoms with E-state index in [4.69, 9.17) is 4.74 Å². The lowest BCUT2D eigenvalue weighted by Gasteiger charge is -2.38. The van der Waals surface area contributed by atoms with Gasteiger partial charge in [-0.25, -0.2) is 8.42 Å². The molecule has 1 aliphatic heterocycles. The lowest BCUT2D eigenvalue weighted by Crippen LogP contribution is -2.42. The number of carboxylic acids is 1. The summed E-state index contributed by atoms with van der Waals surface area (Å²) in [5, 5.41) is 8.90. The van der Waals surface area contributed by atoms with Gasteiger partial charge in [-0.05, 0) is 30.5 Å². The van der Waals surface area contributed by atoms with Crippen LogP contribution >= 0.6 is 0 Å². The maximum atomic E-state index is 12.2. The number of sulfone groups is 1. The summed E-state index contributed by atoms with van der Waals surface area (Å²) in [5.74, 6) is -0.827. The minimum absolute atomic E-state index is 0.239. The number of hydrogen-bond donors (Lipinski definition) is 1. The summed E-state index contributed by atoms with van der Waals surface area (Å²) in [5.41, 5.74) is -0.123. The predicted molar refractivity (Wildman–Crippen MR) is 71.4 cm³/mol. The molecule has 1 aliphatic carbocycles. The fourth-order valence-corrected chi connectivity index (χ4v) is 4.16. The van der Waals surface area contributed by atoms with Crippen LogP contribution in [0.3, 0.4) is 0 Å². The number of carbonyl (C=O) groups is 1. The van der Waals surface area contributed by atoms with Gasteiger partial charge in [0.2, 0.25) is 0 Å². The molecule has 0 amide bonds. The van der Waals surface area contributed by atoms with Crippen molar-refractivity contribution in [1.82, 2.24) is 0 Å². The van der Waals surface area contributed by atoms with Gasteiger partial charge in [0.05, 0.1) is 23.5 Å². The van der Waals surface area contributed by atoms with Crippen molar-refractivity contribution in [3.05, 3.63) is 29.8 Å². The number of rotatable bonds is 4. The van der Waals surface area contributed by atoms with E-state index in [-0.39, 0.29) is 18.1 Å². The van der Waals surface area contributed by atoms with E-state index in [2.05, 4.69) is 0 Å². The molecule has 2 aliphatic rings. The third-order valence-corrected chi connectivity index (χ3v) is 6.48. The summed E-state index contributed by atoms with van der Waals surface area (Å²) in [4.78, 5) is 11.7. The maximum absolute atomic E-state index is 12.2. The average Bonchev–Trinajstić information content (AvgIpc) is 2.24. The molecule has 1 saturated heterocycles. The molecule has 2 fully saturated rings. The number of aliphatic carboxylic acids is 1. The summed E-state index contributed by atoms with van der Waals surface area (Å²) in [6.45, 7) is 0.478. The first-order valence-corrected chi connectivity index (χ1v) is 8.17. The number of ether oxygens (including phenoxy) is 1. The van der Waals surface area contributed by atoms with E-state index in [1.54, 1.807) is 12.1 Å². The topological polar surface area (TPSA) is 80.7 Å². The zero-order chi connectivity index (χ0) is 14.4. The van der Waals surface area contributed by atoms with Gasteiger partial charge >= 0.3 is 5.97 Å². The SMILES string of the molecule is O=C(O)C1(c2ccc(S(=O)(=O)C3COC3)cc2)CCC1. The van der Waals surface area contributed by atoms with Crippen LogP contribution in [0.2, 0.25) is 0 Å². The molecule has 6 heteroatoms. The summed E-state index contributed by atoms with van der Waals surface area (Å²) in [7, 11) is -3.35. The van der Waals surface area contributed by atoms with Gasteiger partial charge in [-0.2, -0.15) is 0 Å². The third-order valence-electron chi connectivity index (χ3n) is 4.40. The smallest absolute Gasteiger partial charge is 0.314 e. The number of carboxylic acid groups (broad SMARTS) is 1. The van der Waals surface area contributed by atoms with Crippen molar-refractivity contribution < 1.29 is 23.1 Å². The van der Waals surface area contributed by atoms with Crippen molar-refractivity contribution in [2.24, 2.45) is 0 Å². The van der Waals surface area contributed by atoms with Crippen molar-refractivity contribution in [2.45, 2.75) is 34.8 Å². The normalized spacial score (nSPS) is 21.8. The molecular formula is C14H16O5S. The largest absolute Gasteiger partial charge is 0.481 e. The van der Waals surface area contributed by atoms with Crippen molar-refractivity contribution in [1.29, 1.82) is 0 Å². The van der Waals surface area contributed by atoms with E-state index in [0.717, 1.165) is 6.42 Å². The molecule has 1 saturated carbocycles. The Morgan fingerprint density at radius 3 is 2.15 bits per heavy atom. The zero-order valence-electron chi connectivity index (χ0n) is 10.9. The van der Waals surface area contributed by atoms with Gasteiger partial charge in [0.25, 0.3) is 0 Å². The van der Waals surface area contributed by atoms with Crippen LogP contribution in [0.4, 0.5) is 0 Å². The van der Waals surface area contributed by atoms with Crippen molar-refractivity contribution in [3.63, 3.8) is 0 Å². The second kappa shape index (κ2) is 4.56. The summed E-state index contributed by atoms with van der Waals surface area (Å²) < 4.78 is 29.3. The Balaban J connectivity index is 1.90. The molecule has 5 nitrogen and oxygen atoms in total. The molecule has 1 aromatic rings. The van der Waals surface area contributed by atoms with Crippen molar-refractivity contribution in [3.8, 4) is 0 Å². The van der Waals surface area contributed by atoms with Gasteiger partial charge in [-0.3, -0.25) is 4.79 Å². The molecule has 1 N–H and O–H groups in total. The maximum Gasteiger partial charge on any atom is 0.314 e. The highest BCUT2D eigenvalue weighted by atomic mass is 32.2. The fraction of sp³-hybridized carbons (Fsp3) is 0.500. The molecule has 3 rings (SSSR count). The lowest BCUT2D eigenvalue weighted by atomic mass is 9.64. The third kappa shape index (κ3) is 1.86. The molecule has 108 valence electrons. The van der Waals surface area contributed by atoms with E-state index >= 15 is 0 Å². The van der Waals surface area contributed by atoms with Crippen molar-refractivity contribution >= 4 is 15.8 Å². The van der Waals surface area contributed by atoms with E-state index in [1.807, 2.05) is 0 Å². The van der Waals surface area contributed by atoms with Crippen LogP contribution in [-0.2, 0) is 24.8 Å². The molecule has 0 aromatic heterocycles. The van der Waals surface area contributed by atoms with Crippen LogP contribution in [0, 0.1) is 0 Å². The summed E-state index contributed by atoms with van der Waals surface area (Å²) in [6.07, 6.45) is 2.13. The molecule has 0 spiro atoms. The van der Waals surface area contributed by atoms with E-state index in [9.17, 15) is 18.3 Å². The average molecular weight is 296 g/mol. The Hall–Kier alpha value is -1.40. The van der Waals surface area contributed by atoms with E-state index < -0.39 is 26.5 Å². The molecule has 1 heterocycles. The number of hydrogen-bond acceptors (Lipinski definition) is 4. The van der Waals surface area contributed by atoms with Crippen LogP contribution in [0.25, 0.3) is 0 Å². The standard InChI is InChI=1S/C14H16O5S/c15-13(16)14(6-1-7-14)10-2-4-11(5-3-10)20(17,18)12-8-19-9-12/h2-5,12H,1,6-9H2,(H,15,16). The molecule has 20 heavy (non-hydrogen) atoms. The van der Waals surface area contributed by atoms with Crippen LogP contribution < -0.4 is 0 Å². The van der Waals surface area contributed by atoms with Gasteiger partial charge < -0.3 is 9.84 Å². The second-order valence-corrected chi connectivity index (χ2v) is 7.70. The van der Waals surface area contributed by atoms with Gasteiger partial charge in [-0.1, -0.05) is 18.6 Å². The Kier molecular flexibility index (Phi) is 3.10. The highest BCUT2D eigenvalue weighted by Crippen LogP contribution is 2.44. The second-order valence-electron chi connectivity index (χ2n) is 5.47. The van der Waals surface area contributed by atoms with Gasteiger partial charge in [0, 0.05) is 0 Å². The molecule has 0 radical (unpaired) electrons. The van der Waals surface area contributed by atoms with Crippen LogP contribution in [0.15, 0.2) is 29.2 Å². The minimum Gasteiger partial charge on any atom is -0.481 e. The molecule has 0 bridgehead atoms. The molecule has 0 atom stereocenters. The minimum atomic E-state index is -3.35. The molecular weight excluding hydrogens is 280 g/mol. The Labute approximate surface area is 117 Å². The summed E-state index contributed by atoms with van der Waals surface area (Å²) >= 11 is 0. The first-order chi connectivity index (χ1) is 9.47. The van der Waals surface area contributed by atoms with Crippen LogP contribution in [0.1, 0.15) is 24.8 Å². The zero-order valence-corrected chi connectivity index (χ0v) is 11.7. The first kappa shape index (κ1) is 13.6. The van der Waals surface area contributed by atoms with Crippen LogP contribution in [0.5, 0.6) is 0 Å². The highest BCUT2D eigenvalue weighted by molar-refractivity contribution is 7.92. The van der Waals surface area contributed by atoms with Gasteiger partial charge in [0.15, 0.2) is 9.84 Å². The fourth-order valence-electron chi connectivity index (χ4n) is 2.71.